The Bertz CT molecular complexity index is 990. The lowest BCUT2D eigenvalue weighted by atomic mass is 9.96. The molecule has 1 fully saturated rings. The smallest absolute Gasteiger partial charge is 0.342 e. The number of hydrogen-bond acceptors (Lipinski definition) is 6. The van der Waals surface area contributed by atoms with Crippen LogP contribution in [0.15, 0.2) is 39.8 Å². The van der Waals surface area contributed by atoms with Crippen molar-refractivity contribution in [1.29, 1.82) is 0 Å². The van der Waals surface area contributed by atoms with Crippen molar-refractivity contribution in [2.45, 2.75) is 32.1 Å². The summed E-state index contributed by atoms with van der Waals surface area (Å²) in [5.74, 6) is 0.615. The highest BCUT2D eigenvalue weighted by atomic mass is 16.6. The molecule has 1 aliphatic rings. The number of para-hydroxylation sites is 1. The Balaban J connectivity index is 1.55. The summed E-state index contributed by atoms with van der Waals surface area (Å²) in [5.41, 5.74) is 1.67. The van der Waals surface area contributed by atoms with E-state index >= 15 is 0 Å². The number of aromatic nitrogens is 5. The maximum absolute atomic E-state index is 12.7. The zero-order valence-electron chi connectivity index (χ0n) is 15.0. The Morgan fingerprint density at radius 1 is 1.30 bits per heavy atom. The van der Waals surface area contributed by atoms with Gasteiger partial charge in [-0.25, -0.2) is 19.1 Å². The number of carbonyl (C=O) groups is 1. The molecule has 1 N–H and O–H groups in total. The van der Waals surface area contributed by atoms with Gasteiger partial charge in [0.15, 0.2) is 0 Å². The minimum absolute atomic E-state index is 0.0154. The summed E-state index contributed by atoms with van der Waals surface area (Å²) >= 11 is 0. The Morgan fingerprint density at radius 3 is 2.85 bits per heavy atom. The molecule has 9 heteroatoms. The molecule has 4 rings (SSSR count). The molecule has 0 radical (unpaired) electrons. The number of hydrogen-bond donors (Lipinski definition) is 1. The number of H-pyrrole nitrogens is 1. The van der Waals surface area contributed by atoms with E-state index in [1.165, 1.54) is 0 Å². The molecule has 3 heterocycles. The van der Waals surface area contributed by atoms with Gasteiger partial charge in [-0.3, -0.25) is 4.79 Å². The molecular formula is C18H20N6O3. The van der Waals surface area contributed by atoms with Crippen LogP contribution in [-0.4, -0.2) is 49.0 Å². The van der Waals surface area contributed by atoms with Crippen molar-refractivity contribution >= 4 is 5.91 Å². The third-order valence-corrected chi connectivity index (χ3v) is 4.92. The molecule has 3 aromatic rings. The molecule has 2 aromatic heterocycles. The summed E-state index contributed by atoms with van der Waals surface area (Å²) in [4.78, 5) is 26.8. The SMILES string of the molecule is Cc1nonc1CC(=O)N1CCC[C@@H](c2n[nH]c(=O)n2-c2ccccc2)C1. The van der Waals surface area contributed by atoms with Crippen molar-refractivity contribution in [3.05, 3.63) is 58.0 Å². The molecule has 0 aliphatic carbocycles. The molecule has 0 spiro atoms. The van der Waals surface area contributed by atoms with E-state index in [1.54, 1.807) is 16.4 Å². The van der Waals surface area contributed by atoms with Gasteiger partial charge in [-0.2, -0.15) is 5.10 Å². The number of rotatable bonds is 4. The molecule has 0 saturated carbocycles. The van der Waals surface area contributed by atoms with Crippen LogP contribution in [0.2, 0.25) is 0 Å². The first-order chi connectivity index (χ1) is 13.1. The summed E-state index contributed by atoms with van der Waals surface area (Å²) in [6, 6.07) is 9.39. The number of carbonyl (C=O) groups excluding carboxylic acids is 1. The van der Waals surface area contributed by atoms with Crippen molar-refractivity contribution in [2.75, 3.05) is 13.1 Å². The second-order valence-corrected chi connectivity index (χ2v) is 6.71. The van der Waals surface area contributed by atoms with Gasteiger partial charge in [-0.1, -0.05) is 28.5 Å². The maximum atomic E-state index is 12.7. The van der Waals surface area contributed by atoms with E-state index in [2.05, 4.69) is 25.1 Å². The van der Waals surface area contributed by atoms with Gasteiger partial charge in [0.05, 0.1) is 12.1 Å². The molecule has 1 atom stereocenters. The third kappa shape index (κ3) is 3.40. The number of likely N-dealkylation sites (tertiary alicyclic amines) is 1. The summed E-state index contributed by atoms with van der Waals surface area (Å²) in [6.45, 7) is 2.96. The van der Waals surface area contributed by atoms with Gasteiger partial charge in [-0.15, -0.1) is 0 Å². The Kier molecular flexibility index (Phi) is 4.57. The van der Waals surface area contributed by atoms with Crippen molar-refractivity contribution < 1.29 is 9.42 Å². The Hall–Kier alpha value is -3.23. The number of aryl methyl sites for hydroxylation is 1. The van der Waals surface area contributed by atoms with E-state index in [9.17, 15) is 9.59 Å². The second kappa shape index (κ2) is 7.18. The largest absolute Gasteiger partial charge is 0.347 e. The molecule has 1 aliphatic heterocycles. The lowest BCUT2D eigenvalue weighted by Gasteiger charge is -2.32. The number of benzene rings is 1. The van der Waals surface area contributed by atoms with Gasteiger partial charge in [-0.05, 0) is 31.9 Å². The molecule has 1 saturated heterocycles. The topological polar surface area (TPSA) is 110 Å². The fraction of sp³-hybridized carbons (Fsp3) is 0.389. The average Bonchev–Trinajstić information content (AvgIpc) is 3.28. The summed E-state index contributed by atoms with van der Waals surface area (Å²) in [6.07, 6.45) is 1.88. The molecule has 9 nitrogen and oxygen atoms in total. The van der Waals surface area contributed by atoms with Crippen LogP contribution >= 0.6 is 0 Å². The van der Waals surface area contributed by atoms with Crippen LogP contribution < -0.4 is 5.69 Å². The molecular weight excluding hydrogens is 348 g/mol. The molecule has 1 aromatic carbocycles. The second-order valence-electron chi connectivity index (χ2n) is 6.71. The maximum Gasteiger partial charge on any atom is 0.347 e. The monoisotopic (exact) mass is 368 g/mol. The van der Waals surface area contributed by atoms with E-state index in [4.69, 9.17) is 0 Å². The van der Waals surface area contributed by atoms with Crippen molar-refractivity contribution in [2.24, 2.45) is 0 Å². The number of nitrogens with zero attached hydrogens (tertiary/aromatic N) is 5. The predicted molar refractivity (Wildman–Crippen MR) is 95.5 cm³/mol. The highest BCUT2D eigenvalue weighted by Crippen LogP contribution is 2.26. The number of piperidine rings is 1. The van der Waals surface area contributed by atoms with Gasteiger partial charge in [0.2, 0.25) is 5.91 Å². The standard InChI is InChI=1S/C18H20N6O3/c1-12-15(22-27-21-12)10-16(25)23-9-5-6-13(11-23)17-19-20-18(26)24(17)14-7-3-2-4-8-14/h2-4,7-8,13H,5-6,9-11H2,1H3,(H,20,26)/t13-/m1/s1. The quantitative estimate of drug-likeness (QED) is 0.741. The average molecular weight is 368 g/mol. The minimum Gasteiger partial charge on any atom is -0.342 e. The summed E-state index contributed by atoms with van der Waals surface area (Å²) in [5, 5.41) is 14.3. The van der Waals surface area contributed by atoms with Gasteiger partial charge < -0.3 is 4.90 Å². The molecule has 1 amide bonds. The van der Waals surface area contributed by atoms with Crippen molar-refractivity contribution in [3.8, 4) is 5.69 Å². The van der Waals surface area contributed by atoms with Crippen LogP contribution in [0.25, 0.3) is 5.69 Å². The van der Waals surface area contributed by atoms with Crippen molar-refractivity contribution in [1.82, 2.24) is 30.0 Å². The first-order valence-corrected chi connectivity index (χ1v) is 8.92. The highest BCUT2D eigenvalue weighted by Gasteiger charge is 2.29. The summed E-state index contributed by atoms with van der Waals surface area (Å²) in [7, 11) is 0. The first kappa shape index (κ1) is 17.2. The molecule has 0 bridgehead atoms. The van der Waals surface area contributed by atoms with Crippen LogP contribution in [-0.2, 0) is 11.2 Å². The number of nitrogens with one attached hydrogen (secondary N) is 1. The highest BCUT2D eigenvalue weighted by molar-refractivity contribution is 5.78. The molecule has 0 unspecified atom stereocenters. The molecule has 140 valence electrons. The summed E-state index contributed by atoms with van der Waals surface area (Å²) < 4.78 is 6.26. The Labute approximate surface area is 155 Å². The lowest BCUT2D eigenvalue weighted by molar-refractivity contribution is -0.131. The van der Waals surface area contributed by atoms with E-state index in [1.807, 2.05) is 30.3 Å². The zero-order valence-corrected chi connectivity index (χ0v) is 15.0. The van der Waals surface area contributed by atoms with E-state index in [-0.39, 0.29) is 23.9 Å². The van der Waals surface area contributed by atoms with Crippen LogP contribution in [0.3, 0.4) is 0 Å². The zero-order chi connectivity index (χ0) is 18.8. The van der Waals surface area contributed by atoms with Crippen LogP contribution in [0.1, 0.15) is 36.0 Å². The number of amides is 1. The van der Waals surface area contributed by atoms with Gasteiger partial charge in [0.25, 0.3) is 0 Å². The number of aromatic amines is 1. The predicted octanol–water partition coefficient (Wildman–Crippen LogP) is 1.20. The Morgan fingerprint density at radius 2 is 2.11 bits per heavy atom. The van der Waals surface area contributed by atoms with E-state index in [0.29, 0.717) is 30.3 Å². The minimum atomic E-state index is -0.274. The normalized spacial score (nSPS) is 17.2. The van der Waals surface area contributed by atoms with Crippen LogP contribution in [0, 0.1) is 6.92 Å². The van der Waals surface area contributed by atoms with Gasteiger partial charge >= 0.3 is 5.69 Å². The first-order valence-electron chi connectivity index (χ1n) is 8.92. The fourth-order valence-corrected chi connectivity index (χ4v) is 3.49. The van der Waals surface area contributed by atoms with Gasteiger partial charge in [0, 0.05) is 19.0 Å². The van der Waals surface area contributed by atoms with E-state index in [0.717, 1.165) is 18.5 Å². The van der Waals surface area contributed by atoms with Crippen molar-refractivity contribution in [3.63, 3.8) is 0 Å². The van der Waals surface area contributed by atoms with Crippen LogP contribution in [0.4, 0.5) is 0 Å². The van der Waals surface area contributed by atoms with Gasteiger partial charge in [0.1, 0.15) is 17.2 Å². The third-order valence-electron chi connectivity index (χ3n) is 4.92. The lowest BCUT2D eigenvalue weighted by Crippen LogP contribution is -2.40. The molecule has 27 heavy (non-hydrogen) atoms. The van der Waals surface area contributed by atoms with E-state index < -0.39 is 0 Å². The fourth-order valence-electron chi connectivity index (χ4n) is 3.49. The van der Waals surface area contributed by atoms with Crippen LogP contribution in [0.5, 0.6) is 0 Å².